The van der Waals surface area contributed by atoms with Crippen molar-refractivity contribution in [2.45, 2.75) is 9.79 Å². The molecule has 0 amide bonds. The maximum absolute atomic E-state index is 4.31. The zero-order chi connectivity index (χ0) is 14.5. The lowest BCUT2D eigenvalue weighted by atomic mass is 10.3. The van der Waals surface area contributed by atoms with Crippen LogP contribution in [0.15, 0.2) is 58.3 Å². The first-order chi connectivity index (χ1) is 9.56. The van der Waals surface area contributed by atoms with Crippen LogP contribution in [0, 0.1) is 0 Å². The van der Waals surface area contributed by atoms with Gasteiger partial charge in [0.15, 0.2) is 0 Å². The summed E-state index contributed by atoms with van der Waals surface area (Å²) in [6.45, 7) is 1.93. The lowest BCUT2D eigenvalue weighted by Gasteiger charge is -2.25. The third-order valence-corrected chi connectivity index (χ3v) is 3.95. The van der Waals surface area contributed by atoms with Crippen LogP contribution in [-0.4, -0.2) is 27.2 Å². The van der Waals surface area contributed by atoms with Gasteiger partial charge in [-0.05, 0) is 48.5 Å². The zero-order valence-electron chi connectivity index (χ0n) is 11.8. The number of nitrogens with zero attached hydrogens (tertiary/aromatic N) is 2. The lowest BCUT2D eigenvalue weighted by molar-refractivity contribution is 0.832. The van der Waals surface area contributed by atoms with Gasteiger partial charge in [-0.2, -0.15) is 0 Å². The van der Waals surface area contributed by atoms with Crippen molar-refractivity contribution in [3.8, 4) is 0 Å². The Balaban J connectivity index is 1.91. The standard InChI is InChI=1S/C16H20N2S2/c1-17(13-3-7-15(19)8-4-13)11-12-18(2)14-5-9-16(20)10-6-14/h3-10,19-20H,11-12H2,1-2H3. The highest BCUT2D eigenvalue weighted by Crippen LogP contribution is 2.17. The van der Waals surface area contributed by atoms with Crippen LogP contribution in [0.4, 0.5) is 11.4 Å². The molecule has 106 valence electrons. The highest BCUT2D eigenvalue weighted by atomic mass is 32.1. The quantitative estimate of drug-likeness (QED) is 0.810. The maximum atomic E-state index is 4.31. The van der Waals surface area contributed by atoms with Gasteiger partial charge in [-0.25, -0.2) is 0 Å². The van der Waals surface area contributed by atoms with Gasteiger partial charge >= 0.3 is 0 Å². The van der Waals surface area contributed by atoms with E-state index in [4.69, 9.17) is 0 Å². The minimum Gasteiger partial charge on any atom is -0.373 e. The second-order valence-corrected chi connectivity index (χ2v) is 5.91. The summed E-state index contributed by atoms with van der Waals surface area (Å²) in [7, 11) is 4.22. The van der Waals surface area contributed by atoms with Crippen LogP contribution in [0.25, 0.3) is 0 Å². The normalized spacial score (nSPS) is 10.4. The van der Waals surface area contributed by atoms with E-state index in [1.807, 2.05) is 24.3 Å². The molecule has 0 unspecified atom stereocenters. The molecule has 0 aliphatic rings. The molecule has 20 heavy (non-hydrogen) atoms. The lowest BCUT2D eigenvalue weighted by Crippen LogP contribution is -2.30. The average molecular weight is 304 g/mol. The summed E-state index contributed by atoms with van der Waals surface area (Å²) < 4.78 is 0. The molecular formula is C16H20N2S2. The Hall–Kier alpha value is -1.26. The van der Waals surface area contributed by atoms with Crippen LogP contribution >= 0.6 is 25.3 Å². The summed E-state index contributed by atoms with van der Waals surface area (Å²) in [4.78, 5) is 6.48. The third kappa shape index (κ3) is 4.12. The molecule has 0 atom stereocenters. The van der Waals surface area contributed by atoms with E-state index in [0.29, 0.717) is 0 Å². The molecule has 0 saturated carbocycles. The summed E-state index contributed by atoms with van der Waals surface area (Å²) in [6.07, 6.45) is 0. The molecule has 0 fully saturated rings. The molecule has 2 rings (SSSR count). The highest BCUT2D eigenvalue weighted by Gasteiger charge is 2.04. The molecule has 0 aliphatic carbocycles. The van der Waals surface area contributed by atoms with Crippen molar-refractivity contribution >= 4 is 36.6 Å². The average Bonchev–Trinajstić information content (AvgIpc) is 2.46. The Morgan fingerprint density at radius 2 is 0.950 bits per heavy atom. The van der Waals surface area contributed by atoms with Gasteiger partial charge < -0.3 is 9.80 Å². The van der Waals surface area contributed by atoms with Crippen LogP contribution in [0.5, 0.6) is 0 Å². The molecule has 0 spiro atoms. The number of likely N-dealkylation sites (N-methyl/N-ethyl adjacent to an activating group) is 2. The van der Waals surface area contributed by atoms with Gasteiger partial charge in [0.2, 0.25) is 0 Å². The second kappa shape index (κ2) is 6.95. The van der Waals surface area contributed by atoms with Crippen molar-refractivity contribution in [1.29, 1.82) is 0 Å². The minimum atomic E-state index is 0.963. The highest BCUT2D eigenvalue weighted by molar-refractivity contribution is 7.80. The summed E-state index contributed by atoms with van der Waals surface area (Å²) >= 11 is 8.62. The van der Waals surface area contributed by atoms with Crippen molar-refractivity contribution in [1.82, 2.24) is 0 Å². The van der Waals surface area contributed by atoms with Crippen LogP contribution in [-0.2, 0) is 0 Å². The Labute approximate surface area is 132 Å². The fourth-order valence-corrected chi connectivity index (χ4v) is 2.27. The molecular weight excluding hydrogens is 284 g/mol. The van der Waals surface area contributed by atoms with E-state index in [9.17, 15) is 0 Å². The fourth-order valence-electron chi connectivity index (χ4n) is 1.97. The van der Waals surface area contributed by atoms with Crippen molar-refractivity contribution in [3.63, 3.8) is 0 Å². The smallest absolute Gasteiger partial charge is 0.0364 e. The van der Waals surface area contributed by atoms with E-state index in [1.54, 1.807) is 0 Å². The van der Waals surface area contributed by atoms with Crippen LogP contribution in [0.1, 0.15) is 0 Å². The molecule has 2 aromatic rings. The molecule has 0 aliphatic heterocycles. The topological polar surface area (TPSA) is 6.48 Å². The molecule has 0 saturated heterocycles. The Morgan fingerprint density at radius 1 is 0.650 bits per heavy atom. The Bertz CT molecular complexity index is 486. The van der Waals surface area contributed by atoms with E-state index in [0.717, 1.165) is 22.9 Å². The van der Waals surface area contributed by atoms with Gasteiger partial charge in [-0.1, -0.05) is 0 Å². The van der Waals surface area contributed by atoms with Crippen LogP contribution in [0.2, 0.25) is 0 Å². The first kappa shape index (κ1) is 15.1. The molecule has 0 radical (unpaired) electrons. The van der Waals surface area contributed by atoms with Gasteiger partial charge in [-0.15, -0.1) is 25.3 Å². The van der Waals surface area contributed by atoms with Crippen molar-refractivity contribution in [2.75, 3.05) is 37.0 Å². The number of rotatable bonds is 5. The van der Waals surface area contributed by atoms with Gasteiger partial charge in [0, 0.05) is 48.4 Å². The van der Waals surface area contributed by atoms with Crippen molar-refractivity contribution in [3.05, 3.63) is 48.5 Å². The number of anilines is 2. The van der Waals surface area contributed by atoms with Gasteiger partial charge in [0.25, 0.3) is 0 Å². The summed E-state index contributed by atoms with van der Waals surface area (Å²) in [5, 5.41) is 0. The number of hydrogen-bond acceptors (Lipinski definition) is 4. The summed E-state index contributed by atoms with van der Waals surface area (Å²) in [5.74, 6) is 0. The van der Waals surface area contributed by atoms with E-state index in [1.165, 1.54) is 11.4 Å². The molecule has 2 nitrogen and oxygen atoms in total. The predicted molar refractivity (Wildman–Crippen MR) is 93.9 cm³/mol. The second-order valence-electron chi connectivity index (χ2n) is 4.88. The van der Waals surface area contributed by atoms with Crippen LogP contribution < -0.4 is 9.80 Å². The summed E-state index contributed by atoms with van der Waals surface area (Å²) in [6, 6.07) is 16.5. The molecule has 0 N–H and O–H groups in total. The van der Waals surface area contributed by atoms with Crippen molar-refractivity contribution in [2.24, 2.45) is 0 Å². The fraction of sp³-hybridized carbons (Fsp3) is 0.250. The van der Waals surface area contributed by atoms with Gasteiger partial charge in [0.05, 0.1) is 0 Å². The maximum Gasteiger partial charge on any atom is 0.0364 e. The monoisotopic (exact) mass is 304 g/mol. The van der Waals surface area contributed by atoms with E-state index >= 15 is 0 Å². The SMILES string of the molecule is CN(CCN(C)c1ccc(S)cc1)c1ccc(S)cc1. The molecule has 0 heterocycles. The Morgan fingerprint density at radius 3 is 1.25 bits per heavy atom. The number of benzene rings is 2. The number of hydrogen-bond donors (Lipinski definition) is 2. The molecule has 0 aromatic heterocycles. The molecule has 2 aromatic carbocycles. The largest absolute Gasteiger partial charge is 0.373 e. The first-order valence-electron chi connectivity index (χ1n) is 6.56. The van der Waals surface area contributed by atoms with Crippen LogP contribution in [0.3, 0.4) is 0 Å². The van der Waals surface area contributed by atoms with Crippen molar-refractivity contribution < 1.29 is 0 Å². The summed E-state index contributed by atoms with van der Waals surface area (Å²) in [5.41, 5.74) is 2.42. The predicted octanol–water partition coefficient (Wildman–Crippen LogP) is 3.84. The first-order valence-corrected chi connectivity index (χ1v) is 7.46. The van der Waals surface area contributed by atoms with E-state index in [-0.39, 0.29) is 0 Å². The van der Waals surface area contributed by atoms with E-state index < -0.39 is 0 Å². The molecule has 0 bridgehead atoms. The van der Waals surface area contributed by atoms with E-state index in [2.05, 4.69) is 73.4 Å². The minimum absolute atomic E-state index is 0.963. The Kier molecular flexibility index (Phi) is 5.26. The third-order valence-electron chi connectivity index (χ3n) is 3.35. The zero-order valence-corrected chi connectivity index (χ0v) is 13.6. The van der Waals surface area contributed by atoms with Gasteiger partial charge in [-0.3, -0.25) is 0 Å². The molecule has 4 heteroatoms. The van der Waals surface area contributed by atoms with Gasteiger partial charge in [0.1, 0.15) is 0 Å². The number of thiol groups is 2.